The lowest BCUT2D eigenvalue weighted by molar-refractivity contribution is 0.0759. The highest BCUT2D eigenvalue weighted by molar-refractivity contribution is 9.11. The fourth-order valence-electron chi connectivity index (χ4n) is 1.32. The van der Waals surface area contributed by atoms with Gasteiger partial charge in [-0.25, -0.2) is 0 Å². The molecule has 0 unspecified atom stereocenters. The normalized spacial score (nSPS) is 10.4. The molecule has 0 aliphatic rings. The molecule has 6 heteroatoms. The summed E-state index contributed by atoms with van der Waals surface area (Å²) in [5.74, 6) is 0.793. The van der Waals surface area contributed by atoms with Gasteiger partial charge in [0.15, 0.2) is 0 Å². The SMILES string of the molecule is COCCOCCNc1cc(OC)c(Br)cc1Br. The molecule has 18 heavy (non-hydrogen) atoms. The molecule has 0 saturated carbocycles. The molecule has 1 N–H and O–H groups in total. The molecular formula is C12H17Br2NO3. The van der Waals surface area contributed by atoms with Crippen molar-refractivity contribution < 1.29 is 14.2 Å². The maximum atomic E-state index is 5.37. The maximum Gasteiger partial charge on any atom is 0.135 e. The van der Waals surface area contributed by atoms with Crippen molar-refractivity contribution in [1.82, 2.24) is 0 Å². The summed E-state index contributed by atoms with van der Waals surface area (Å²) < 4.78 is 17.4. The van der Waals surface area contributed by atoms with Crippen molar-refractivity contribution in [3.05, 3.63) is 21.1 Å². The van der Waals surface area contributed by atoms with Crippen LogP contribution in [0.5, 0.6) is 5.75 Å². The summed E-state index contributed by atoms with van der Waals surface area (Å²) >= 11 is 6.93. The van der Waals surface area contributed by atoms with E-state index in [1.54, 1.807) is 14.2 Å². The Balaban J connectivity index is 2.42. The van der Waals surface area contributed by atoms with Gasteiger partial charge in [0, 0.05) is 24.2 Å². The standard InChI is InChI=1S/C12H17Br2NO3/c1-16-5-6-18-4-3-15-11-8-12(17-2)10(14)7-9(11)13/h7-8,15H,3-6H2,1-2H3. The van der Waals surface area contributed by atoms with Gasteiger partial charge in [-0.05, 0) is 37.9 Å². The topological polar surface area (TPSA) is 39.7 Å². The summed E-state index contributed by atoms with van der Waals surface area (Å²) in [5, 5.41) is 3.28. The monoisotopic (exact) mass is 381 g/mol. The van der Waals surface area contributed by atoms with Crippen LogP contribution < -0.4 is 10.1 Å². The van der Waals surface area contributed by atoms with Gasteiger partial charge in [-0.15, -0.1) is 0 Å². The van der Waals surface area contributed by atoms with Crippen LogP contribution in [0.2, 0.25) is 0 Å². The average Bonchev–Trinajstić information content (AvgIpc) is 2.36. The van der Waals surface area contributed by atoms with Gasteiger partial charge in [0.2, 0.25) is 0 Å². The molecule has 102 valence electrons. The Morgan fingerprint density at radius 3 is 2.50 bits per heavy atom. The minimum absolute atomic E-state index is 0.614. The van der Waals surface area contributed by atoms with E-state index in [-0.39, 0.29) is 0 Å². The highest BCUT2D eigenvalue weighted by Gasteiger charge is 2.06. The van der Waals surface area contributed by atoms with E-state index in [0.29, 0.717) is 19.8 Å². The number of methoxy groups -OCH3 is 2. The third-order valence-electron chi connectivity index (χ3n) is 2.24. The van der Waals surface area contributed by atoms with Crippen molar-refractivity contribution in [3.8, 4) is 5.75 Å². The summed E-state index contributed by atoms with van der Waals surface area (Å²) in [7, 11) is 3.30. The fraction of sp³-hybridized carbons (Fsp3) is 0.500. The zero-order valence-electron chi connectivity index (χ0n) is 10.5. The Labute approximate surface area is 124 Å². The Kier molecular flexibility index (Phi) is 7.65. The second kappa shape index (κ2) is 8.74. The number of hydrogen-bond acceptors (Lipinski definition) is 4. The van der Waals surface area contributed by atoms with Crippen LogP contribution in [0.4, 0.5) is 5.69 Å². The van der Waals surface area contributed by atoms with Crippen molar-refractivity contribution in [2.24, 2.45) is 0 Å². The summed E-state index contributed by atoms with van der Waals surface area (Å²) in [6, 6.07) is 3.89. The minimum Gasteiger partial charge on any atom is -0.495 e. The molecule has 0 bridgehead atoms. The van der Waals surface area contributed by atoms with Crippen LogP contribution in [0.25, 0.3) is 0 Å². The smallest absolute Gasteiger partial charge is 0.135 e. The molecule has 0 amide bonds. The Morgan fingerprint density at radius 2 is 1.83 bits per heavy atom. The van der Waals surface area contributed by atoms with Gasteiger partial charge in [0.25, 0.3) is 0 Å². The van der Waals surface area contributed by atoms with Gasteiger partial charge >= 0.3 is 0 Å². The van der Waals surface area contributed by atoms with E-state index in [4.69, 9.17) is 14.2 Å². The second-order valence-electron chi connectivity index (χ2n) is 3.50. The molecule has 0 spiro atoms. The lowest BCUT2D eigenvalue weighted by Gasteiger charge is -2.12. The highest BCUT2D eigenvalue weighted by atomic mass is 79.9. The number of halogens is 2. The van der Waals surface area contributed by atoms with Gasteiger partial charge in [0.1, 0.15) is 5.75 Å². The summed E-state index contributed by atoms with van der Waals surface area (Å²) in [4.78, 5) is 0. The molecule has 4 nitrogen and oxygen atoms in total. The molecule has 1 aromatic carbocycles. The predicted octanol–water partition coefficient (Wildman–Crippen LogP) is 3.30. The zero-order valence-corrected chi connectivity index (χ0v) is 13.6. The van der Waals surface area contributed by atoms with Gasteiger partial charge < -0.3 is 19.5 Å². The molecule has 0 aliphatic heterocycles. The molecule has 0 heterocycles. The quantitative estimate of drug-likeness (QED) is 0.700. The average molecular weight is 383 g/mol. The van der Waals surface area contributed by atoms with Crippen molar-refractivity contribution in [2.45, 2.75) is 0 Å². The van der Waals surface area contributed by atoms with E-state index in [1.165, 1.54) is 0 Å². The predicted molar refractivity (Wildman–Crippen MR) is 79.6 cm³/mol. The highest BCUT2D eigenvalue weighted by Crippen LogP contribution is 2.34. The fourth-order valence-corrected chi connectivity index (χ4v) is 2.62. The van der Waals surface area contributed by atoms with Gasteiger partial charge in [0.05, 0.1) is 37.1 Å². The second-order valence-corrected chi connectivity index (χ2v) is 5.21. The summed E-state index contributed by atoms with van der Waals surface area (Å²) in [6.45, 7) is 2.60. The zero-order chi connectivity index (χ0) is 13.4. The number of rotatable bonds is 8. The van der Waals surface area contributed by atoms with E-state index < -0.39 is 0 Å². The number of nitrogens with one attached hydrogen (secondary N) is 1. The Bertz CT molecular complexity index is 375. The lowest BCUT2D eigenvalue weighted by Crippen LogP contribution is -2.12. The third kappa shape index (κ3) is 5.14. The van der Waals surface area contributed by atoms with E-state index >= 15 is 0 Å². The third-order valence-corrected chi connectivity index (χ3v) is 3.51. The lowest BCUT2D eigenvalue weighted by atomic mass is 10.3. The minimum atomic E-state index is 0.614. The first-order valence-electron chi connectivity index (χ1n) is 5.52. The molecule has 0 saturated heterocycles. The molecule has 0 fully saturated rings. The number of hydrogen-bond donors (Lipinski definition) is 1. The molecule has 0 atom stereocenters. The van der Waals surface area contributed by atoms with Crippen LogP contribution in [0.3, 0.4) is 0 Å². The van der Waals surface area contributed by atoms with E-state index in [2.05, 4.69) is 37.2 Å². The molecular weight excluding hydrogens is 366 g/mol. The summed E-state index contributed by atoms with van der Waals surface area (Å²) in [5.41, 5.74) is 0.977. The van der Waals surface area contributed by atoms with Crippen LogP contribution in [-0.4, -0.2) is 40.6 Å². The van der Waals surface area contributed by atoms with Crippen molar-refractivity contribution in [2.75, 3.05) is 45.9 Å². The molecule has 0 radical (unpaired) electrons. The van der Waals surface area contributed by atoms with Crippen LogP contribution in [0.15, 0.2) is 21.1 Å². The van der Waals surface area contributed by atoms with Crippen molar-refractivity contribution in [3.63, 3.8) is 0 Å². The number of anilines is 1. The van der Waals surface area contributed by atoms with Crippen molar-refractivity contribution in [1.29, 1.82) is 0 Å². The van der Waals surface area contributed by atoms with E-state index in [0.717, 1.165) is 26.9 Å². The van der Waals surface area contributed by atoms with Gasteiger partial charge in [-0.2, -0.15) is 0 Å². The molecule has 0 aromatic heterocycles. The first-order chi connectivity index (χ1) is 8.69. The maximum absolute atomic E-state index is 5.37. The Hall–Kier alpha value is -0.300. The van der Waals surface area contributed by atoms with E-state index in [9.17, 15) is 0 Å². The van der Waals surface area contributed by atoms with Crippen LogP contribution in [0, 0.1) is 0 Å². The van der Waals surface area contributed by atoms with Crippen LogP contribution >= 0.6 is 31.9 Å². The summed E-state index contributed by atoms with van der Waals surface area (Å²) in [6.07, 6.45) is 0. The number of benzene rings is 1. The number of ether oxygens (including phenoxy) is 3. The van der Waals surface area contributed by atoms with Crippen LogP contribution in [-0.2, 0) is 9.47 Å². The first-order valence-corrected chi connectivity index (χ1v) is 7.11. The first kappa shape index (κ1) is 15.8. The molecule has 0 aliphatic carbocycles. The molecule has 1 rings (SSSR count). The Morgan fingerprint density at radius 1 is 1.06 bits per heavy atom. The van der Waals surface area contributed by atoms with Gasteiger partial charge in [-0.3, -0.25) is 0 Å². The van der Waals surface area contributed by atoms with Gasteiger partial charge in [-0.1, -0.05) is 0 Å². The van der Waals surface area contributed by atoms with E-state index in [1.807, 2.05) is 12.1 Å². The molecule has 1 aromatic rings. The van der Waals surface area contributed by atoms with Crippen molar-refractivity contribution >= 4 is 37.5 Å². The van der Waals surface area contributed by atoms with Crippen LogP contribution in [0.1, 0.15) is 0 Å². The largest absolute Gasteiger partial charge is 0.495 e.